The average molecular weight is 397 g/mol. The van der Waals surface area contributed by atoms with E-state index < -0.39 is 15.8 Å². The van der Waals surface area contributed by atoms with Gasteiger partial charge in [0, 0.05) is 25.2 Å². The van der Waals surface area contributed by atoms with E-state index in [0.29, 0.717) is 12.8 Å². The number of hydrogen-bond acceptors (Lipinski definition) is 4. The first-order valence-electron chi connectivity index (χ1n) is 10.1. The van der Waals surface area contributed by atoms with Crippen molar-refractivity contribution >= 4 is 15.8 Å². The van der Waals surface area contributed by atoms with Crippen molar-refractivity contribution in [2.24, 2.45) is 11.8 Å². The van der Waals surface area contributed by atoms with Gasteiger partial charge >= 0.3 is 5.97 Å². The lowest BCUT2D eigenvalue weighted by atomic mass is 9.78. The summed E-state index contributed by atoms with van der Waals surface area (Å²) in [7, 11) is -3.13. The van der Waals surface area contributed by atoms with Crippen LogP contribution in [0.15, 0.2) is 12.2 Å². The smallest absolute Gasteiger partial charge is 0.303 e. The Bertz CT molecular complexity index is 670. The van der Waals surface area contributed by atoms with E-state index >= 15 is 0 Å². The van der Waals surface area contributed by atoms with E-state index in [9.17, 15) is 13.2 Å². The van der Waals surface area contributed by atoms with E-state index in [2.05, 4.69) is 24.8 Å². The topological polar surface area (TPSA) is 80.7 Å². The SMILES string of the molecule is CCCC#CCCS(=O)(=O)C[C@H]1[C@@H](CC=CCCCC(=O)O)[C@H]2CC[C@@H]1O2. The Labute approximate surface area is 163 Å². The first-order chi connectivity index (χ1) is 12.9. The molecular weight excluding hydrogens is 364 g/mol. The second kappa shape index (κ2) is 10.9. The molecule has 0 aromatic rings. The molecule has 1 N–H and O–H groups in total. The summed E-state index contributed by atoms with van der Waals surface area (Å²) in [5.41, 5.74) is 0. The summed E-state index contributed by atoms with van der Waals surface area (Å²) in [4.78, 5) is 10.5. The van der Waals surface area contributed by atoms with Gasteiger partial charge in [-0.2, -0.15) is 0 Å². The van der Waals surface area contributed by atoms with Crippen LogP contribution < -0.4 is 0 Å². The molecule has 0 unspecified atom stereocenters. The van der Waals surface area contributed by atoms with E-state index in [1.807, 2.05) is 6.08 Å². The number of carboxylic acid groups (broad SMARTS) is 1. The molecule has 152 valence electrons. The standard InChI is InChI=1S/C21H32O5S/c1-2-3-4-7-10-15-27(24,25)16-18-17(19-13-14-20(18)26-19)11-8-5-6-9-12-21(22)23/h5,8,17-20H,2-3,6,9-16H2,1H3,(H,22,23)/t17-,18+,19-,20+/m1/s1. The van der Waals surface area contributed by atoms with Crippen LogP contribution in [0.5, 0.6) is 0 Å². The fourth-order valence-corrected chi connectivity index (χ4v) is 5.68. The molecule has 0 radical (unpaired) electrons. The van der Waals surface area contributed by atoms with Crippen molar-refractivity contribution in [2.45, 2.75) is 76.9 Å². The number of aliphatic carboxylic acids is 1. The summed E-state index contributed by atoms with van der Waals surface area (Å²) >= 11 is 0. The van der Waals surface area contributed by atoms with Crippen molar-refractivity contribution < 1.29 is 23.1 Å². The molecule has 2 saturated heterocycles. The number of unbranched alkanes of at least 4 members (excludes halogenated alkanes) is 2. The maximum Gasteiger partial charge on any atom is 0.303 e. The number of allylic oxidation sites excluding steroid dienone is 2. The minimum Gasteiger partial charge on any atom is -0.481 e. The van der Waals surface area contributed by atoms with Gasteiger partial charge < -0.3 is 9.84 Å². The van der Waals surface area contributed by atoms with Crippen LogP contribution in [-0.4, -0.2) is 43.2 Å². The zero-order valence-corrected chi connectivity index (χ0v) is 17.0. The zero-order chi connectivity index (χ0) is 19.7. The number of sulfone groups is 1. The Morgan fingerprint density at radius 3 is 2.56 bits per heavy atom. The van der Waals surface area contributed by atoms with Crippen LogP contribution in [-0.2, 0) is 19.4 Å². The second-order valence-corrected chi connectivity index (χ2v) is 9.81. The fourth-order valence-electron chi connectivity index (χ4n) is 4.06. The molecule has 27 heavy (non-hydrogen) atoms. The molecule has 0 amide bonds. The molecule has 2 rings (SSSR count). The molecule has 0 spiro atoms. The summed E-state index contributed by atoms with van der Waals surface area (Å²) in [5, 5.41) is 8.66. The maximum atomic E-state index is 12.5. The summed E-state index contributed by atoms with van der Waals surface area (Å²) in [5.74, 6) is 5.85. The third-order valence-electron chi connectivity index (χ3n) is 5.41. The molecule has 2 aliphatic heterocycles. The van der Waals surface area contributed by atoms with E-state index in [4.69, 9.17) is 9.84 Å². The Kier molecular flexibility index (Phi) is 8.85. The predicted molar refractivity (Wildman–Crippen MR) is 106 cm³/mol. The predicted octanol–water partition coefficient (Wildman–Crippen LogP) is 3.59. The highest BCUT2D eigenvalue weighted by molar-refractivity contribution is 7.91. The highest BCUT2D eigenvalue weighted by Gasteiger charge is 2.49. The quantitative estimate of drug-likeness (QED) is 0.328. The Balaban J connectivity index is 1.83. The third kappa shape index (κ3) is 7.31. The zero-order valence-electron chi connectivity index (χ0n) is 16.2. The van der Waals surface area contributed by atoms with Gasteiger partial charge in [0.05, 0.1) is 23.7 Å². The number of hydrogen-bond donors (Lipinski definition) is 1. The average Bonchev–Trinajstić information content (AvgIpc) is 3.19. The van der Waals surface area contributed by atoms with E-state index in [1.165, 1.54) is 0 Å². The first kappa shape index (κ1) is 22.0. The van der Waals surface area contributed by atoms with Crippen LogP contribution in [0.2, 0.25) is 0 Å². The van der Waals surface area contributed by atoms with Crippen molar-refractivity contribution in [2.75, 3.05) is 11.5 Å². The molecule has 0 aromatic heterocycles. The van der Waals surface area contributed by atoms with Crippen LogP contribution in [0.3, 0.4) is 0 Å². The number of ether oxygens (including phenoxy) is 1. The van der Waals surface area contributed by atoms with Gasteiger partial charge in [-0.15, -0.1) is 11.8 Å². The fraction of sp³-hybridized carbons (Fsp3) is 0.762. The molecular formula is C21H32O5S. The number of fused-ring (bicyclic) bond motifs is 2. The van der Waals surface area contributed by atoms with Crippen molar-refractivity contribution in [3.63, 3.8) is 0 Å². The molecule has 2 heterocycles. The minimum absolute atomic E-state index is 0.0704. The summed E-state index contributed by atoms with van der Waals surface area (Å²) in [6, 6.07) is 0. The van der Waals surface area contributed by atoms with Gasteiger partial charge in [0.15, 0.2) is 9.84 Å². The van der Waals surface area contributed by atoms with Gasteiger partial charge in [-0.05, 0) is 44.4 Å². The van der Waals surface area contributed by atoms with Gasteiger partial charge in [-0.25, -0.2) is 8.42 Å². The monoisotopic (exact) mass is 396 g/mol. The first-order valence-corrected chi connectivity index (χ1v) is 11.9. The minimum atomic E-state index is -3.13. The van der Waals surface area contributed by atoms with Gasteiger partial charge in [-0.1, -0.05) is 19.1 Å². The lowest BCUT2D eigenvalue weighted by Crippen LogP contribution is -2.33. The van der Waals surface area contributed by atoms with Gasteiger partial charge in [0.1, 0.15) is 0 Å². The Morgan fingerprint density at radius 2 is 1.85 bits per heavy atom. The maximum absolute atomic E-state index is 12.5. The van der Waals surface area contributed by atoms with E-state index in [-0.39, 0.29) is 42.0 Å². The number of carboxylic acids is 1. The summed E-state index contributed by atoms with van der Waals surface area (Å²) < 4.78 is 31.1. The van der Waals surface area contributed by atoms with Crippen LogP contribution in [0.25, 0.3) is 0 Å². The Hall–Kier alpha value is -1.32. The summed E-state index contributed by atoms with van der Waals surface area (Å²) in [6.45, 7) is 2.06. The van der Waals surface area contributed by atoms with E-state index in [1.54, 1.807) is 0 Å². The van der Waals surface area contributed by atoms with Crippen LogP contribution in [0.1, 0.15) is 64.7 Å². The van der Waals surface area contributed by atoms with Crippen molar-refractivity contribution in [3.05, 3.63) is 12.2 Å². The van der Waals surface area contributed by atoms with Crippen molar-refractivity contribution in [1.29, 1.82) is 0 Å². The highest BCUT2D eigenvalue weighted by atomic mass is 32.2. The van der Waals surface area contributed by atoms with Gasteiger partial charge in [0.2, 0.25) is 0 Å². The van der Waals surface area contributed by atoms with Crippen molar-refractivity contribution in [3.8, 4) is 11.8 Å². The summed E-state index contributed by atoms with van der Waals surface area (Å²) in [6.07, 6.45) is 10.9. The van der Waals surface area contributed by atoms with Gasteiger partial charge in [0.25, 0.3) is 0 Å². The lowest BCUT2D eigenvalue weighted by molar-refractivity contribution is -0.137. The molecule has 0 aliphatic carbocycles. The molecule has 5 nitrogen and oxygen atoms in total. The van der Waals surface area contributed by atoms with Crippen LogP contribution >= 0.6 is 0 Å². The second-order valence-electron chi connectivity index (χ2n) is 7.58. The molecule has 0 aromatic carbocycles. The number of rotatable bonds is 11. The molecule has 6 heteroatoms. The molecule has 2 fully saturated rings. The van der Waals surface area contributed by atoms with Crippen LogP contribution in [0, 0.1) is 23.7 Å². The van der Waals surface area contributed by atoms with E-state index in [0.717, 1.165) is 38.5 Å². The normalized spacial score (nSPS) is 27.0. The molecule has 2 bridgehead atoms. The highest BCUT2D eigenvalue weighted by Crippen LogP contribution is 2.45. The van der Waals surface area contributed by atoms with Gasteiger partial charge in [-0.3, -0.25) is 4.79 Å². The Morgan fingerprint density at radius 1 is 1.15 bits per heavy atom. The van der Waals surface area contributed by atoms with Crippen molar-refractivity contribution in [1.82, 2.24) is 0 Å². The largest absolute Gasteiger partial charge is 0.481 e. The molecule has 0 saturated carbocycles. The third-order valence-corrected chi connectivity index (χ3v) is 7.13. The molecule has 2 aliphatic rings. The van der Waals surface area contributed by atoms with Crippen LogP contribution in [0.4, 0.5) is 0 Å². The number of carbonyl (C=O) groups is 1. The lowest BCUT2D eigenvalue weighted by Gasteiger charge is -2.27. The molecule has 4 atom stereocenters.